The highest BCUT2D eigenvalue weighted by atomic mass is 16.4. The Labute approximate surface area is 147 Å². The van der Waals surface area contributed by atoms with Crippen LogP contribution in [0.15, 0.2) is 68.4 Å². The van der Waals surface area contributed by atoms with Crippen LogP contribution < -0.4 is 11.1 Å². The zero-order valence-electron chi connectivity index (χ0n) is 13.9. The standard InChI is InChI=1S/C19H15N3O4/c1-12(23)11-22-15-9-14(7-8-16(15)26-19(22)24)21-18-20-10-17(25-18)13-5-3-2-4-6-13/h2-10H,11H2,1H3,(H,20,21). The molecule has 26 heavy (non-hydrogen) atoms. The first-order chi connectivity index (χ1) is 12.6. The maximum absolute atomic E-state index is 11.9. The Kier molecular flexibility index (Phi) is 3.89. The van der Waals surface area contributed by atoms with Gasteiger partial charge in [0, 0.05) is 11.3 Å². The molecule has 0 aliphatic heterocycles. The zero-order valence-corrected chi connectivity index (χ0v) is 13.9. The number of benzene rings is 2. The number of carbonyl (C=O) groups is 1. The summed E-state index contributed by atoms with van der Waals surface area (Å²) in [5.74, 6) is -0.0471. The SMILES string of the molecule is CC(=O)Cn1c(=O)oc2ccc(Nc3ncc(-c4ccccc4)o3)cc21. The summed E-state index contributed by atoms with van der Waals surface area (Å²) in [5, 5.41) is 3.06. The van der Waals surface area contributed by atoms with Crippen molar-refractivity contribution in [3.05, 3.63) is 65.3 Å². The number of fused-ring (bicyclic) bond motifs is 1. The van der Waals surface area contributed by atoms with Gasteiger partial charge in [-0.2, -0.15) is 0 Å². The van der Waals surface area contributed by atoms with Crippen LogP contribution in [0, 0.1) is 0 Å². The summed E-state index contributed by atoms with van der Waals surface area (Å²) in [6.07, 6.45) is 1.64. The third-order valence-electron chi connectivity index (χ3n) is 3.86. The van der Waals surface area contributed by atoms with Gasteiger partial charge in [-0.25, -0.2) is 9.78 Å². The zero-order chi connectivity index (χ0) is 18.1. The maximum atomic E-state index is 11.9. The molecule has 0 aliphatic carbocycles. The molecule has 2 heterocycles. The minimum Gasteiger partial charge on any atom is -0.423 e. The molecule has 4 aromatic rings. The smallest absolute Gasteiger partial charge is 0.420 e. The van der Waals surface area contributed by atoms with Crippen LogP contribution in [0.3, 0.4) is 0 Å². The maximum Gasteiger partial charge on any atom is 0.420 e. The molecule has 0 unspecified atom stereocenters. The van der Waals surface area contributed by atoms with E-state index in [1.807, 2.05) is 30.3 Å². The van der Waals surface area contributed by atoms with Gasteiger partial charge in [-0.1, -0.05) is 30.3 Å². The summed E-state index contributed by atoms with van der Waals surface area (Å²) in [4.78, 5) is 27.5. The first-order valence-corrected chi connectivity index (χ1v) is 8.01. The minimum atomic E-state index is -0.560. The average Bonchev–Trinajstić information content (AvgIpc) is 3.21. The van der Waals surface area contributed by atoms with Crippen molar-refractivity contribution in [2.24, 2.45) is 0 Å². The van der Waals surface area contributed by atoms with Gasteiger partial charge in [-0.05, 0) is 25.1 Å². The van der Waals surface area contributed by atoms with Crippen LogP contribution in [-0.2, 0) is 11.3 Å². The largest absolute Gasteiger partial charge is 0.423 e. The molecular weight excluding hydrogens is 334 g/mol. The van der Waals surface area contributed by atoms with Gasteiger partial charge in [-0.3, -0.25) is 9.36 Å². The van der Waals surface area contributed by atoms with E-state index >= 15 is 0 Å². The number of rotatable bonds is 5. The molecule has 0 amide bonds. The molecule has 2 aromatic heterocycles. The Balaban J connectivity index is 1.64. The predicted molar refractivity (Wildman–Crippen MR) is 96.4 cm³/mol. The number of aromatic nitrogens is 2. The molecule has 2 aromatic carbocycles. The molecule has 0 atom stereocenters. The molecule has 0 saturated carbocycles. The van der Waals surface area contributed by atoms with E-state index < -0.39 is 5.76 Å². The highest BCUT2D eigenvalue weighted by Crippen LogP contribution is 2.25. The Bertz CT molecular complexity index is 1140. The van der Waals surface area contributed by atoms with Crippen molar-refractivity contribution < 1.29 is 13.6 Å². The Morgan fingerprint density at radius 3 is 2.73 bits per heavy atom. The summed E-state index contributed by atoms with van der Waals surface area (Å²) in [6.45, 7) is 1.39. The summed E-state index contributed by atoms with van der Waals surface area (Å²) < 4.78 is 12.2. The van der Waals surface area contributed by atoms with E-state index in [-0.39, 0.29) is 12.3 Å². The van der Waals surface area contributed by atoms with E-state index in [0.717, 1.165) is 5.56 Å². The number of nitrogens with one attached hydrogen (secondary N) is 1. The molecule has 0 aliphatic rings. The highest BCUT2D eigenvalue weighted by molar-refractivity contribution is 5.82. The number of hydrogen-bond acceptors (Lipinski definition) is 6. The topological polar surface area (TPSA) is 90.3 Å². The van der Waals surface area contributed by atoms with Crippen molar-refractivity contribution in [1.29, 1.82) is 0 Å². The summed E-state index contributed by atoms with van der Waals surface area (Å²) >= 11 is 0. The van der Waals surface area contributed by atoms with E-state index in [0.29, 0.717) is 28.6 Å². The van der Waals surface area contributed by atoms with Crippen molar-refractivity contribution >= 4 is 28.6 Å². The van der Waals surface area contributed by atoms with Gasteiger partial charge in [0.2, 0.25) is 0 Å². The summed E-state index contributed by atoms with van der Waals surface area (Å²) in [7, 11) is 0. The number of nitrogens with zero attached hydrogens (tertiary/aromatic N) is 2. The van der Waals surface area contributed by atoms with E-state index in [1.165, 1.54) is 11.5 Å². The normalized spacial score (nSPS) is 11.0. The van der Waals surface area contributed by atoms with Crippen LogP contribution in [0.2, 0.25) is 0 Å². The first-order valence-electron chi connectivity index (χ1n) is 8.01. The molecule has 4 rings (SSSR count). The molecule has 0 radical (unpaired) electrons. The predicted octanol–water partition coefficient (Wildman–Crippen LogP) is 3.58. The second kappa shape index (κ2) is 6.36. The monoisotopic (exact) mass is 349 g/mol. The van der Waals surface area contributed by atoms with Crippen LogP contribution in [0.25, 0.3) is 22.4 Å². The third kappa shape index (κ3) is 3.02. The minimum absolute atomic E-state index is 0.0353. The van der Waals surface area contributed by atoms with Crippen molar-refractivity contribution in [2.45, 2.75) is 13.5 Å². The Morgan fingerprint density at radius 1 is 1.15 bits per heavy atom. The van der Waals surface area contributed by atoms with Gasteiger partial charge in [0.15, 0.2) is 11.3 Å². The Morgan fingerprint density at radius 2 is 1.96 bits per heavy atom. The Hall–Kier alpha value is -3.61. The molecule has 1 N–H and O–H groups in total. The van der Waals surface area contributed by atoms with Crippen LogP contribution in [0.5, 0.6) is 0 Å². The number of ketones is 1. The molecule has 0 spiro atoms. The third-order valence-corrected chi connectivity index (χ3v) is 3.86. The number of Topliss-reactive ketones (excluding diaryl/α,β-unsaturated/α-hetero) is 1. The van der Waals surface area contributed by atoms with Gasteiger partial charge in [0.1, 0.15) is 5.78 Å². The van der Waals surface area contributed by atoms with Crippen molar-refractivity contribution in [3.8, 4) is 11.3 Å². The van der Waals surface area contributed by atoms with Gasteiger partial charge in [-0.15, -0.1) is 0 Å². The molecular formula is C19H15N3O4. The summed E-state index contributed by atoms with van der Waals surface area (Å²) in [5.41, 5.74) is 2.54. The van der Waals surface area contributed by atoms with Crippen LogP contribution >= 0.6 is 0 Å². The van der Waals surface area contributed by atoms with Gasteiger partial charge in [0.05, 0.1) is 18.3 Å². The van der Waals surface area contributed by atoms with Crippen LogP contribution in [0.1, 0.15) is 6.92 Å². The lowest BCUT2D eigenvalue weighted by molar-refractivity contribution is -0.117. The van der Waals surface area contributed by atoms with E-state index in [4.69, 9.17) is 8.83 Å². The fourth-order valence-electron chi connectivity index (χ4n) is 2.70. The van der Waals surface area contributed by atoms with Gasteiger partial charge >= 0.3 is 5.76 Å². The molecule has 0 saturated heterocycles. The van der Waals surface area contributed by atoms with Crippen molar-refractivity contribution in [1.82, 2.24) is 9.55 Å². The quantitative estimate of drug-likeness (QED) is 0.592. The average molecular weight is 349 g/mol. The fraction of sp³-hybridized carbons (Fsp3) is 0.105. The van der Waals surface area contributed by atoms with E-state index in [1.54, 1.807) is 24.4 Å². The lowest BCUT2D eigenvalue weighted by atomic mass is 10.2. The fourth-order valence-corrected chi connectivity index (χ4v) is 2.70. The number of anilines is 2. The molecule has 7 nitrogen and oxygen atoms in total. The number of hydrogen-bond donors (Lipinski definition) is 1. The van der Waals surface area contributed by atoms with Crippen molar-refractivity contribution in [2.75, 3.05) is 5.32 Å². The van der Waals surface area contributed by atoms with Crippen molar-refractivity contribution in [3.63, 3.8) is 0 Å². The summed E-state index contributed by atoms with van der Waals surface area (Å²) in [6, 6.07) is 15.1. The van der Waals surface area contributed by atoms with Crippen LogP contribution in [-0.4, -0.2) is 15.3 Å². The van der Waals surface area contributed by atoms with Gasteiger partial charge in [0.25, 0.3) is 6.01 Å². The number of carbonyl (C=O) groups excluding carboxylic acids is 1. The lowest BCUT2D eigenvalue weighted by Gasteiger charge is -2.03. The van der Waals surface area contributed by atoms with Crippen LogP contribution in [0.4, 0.5) is 11.7 Å². The second-order valence-corrected chi connectivity index (χ2v) is 5.86. The van der Waals surface area contributed by atoms with E-state index in [2.05, 4.69) is 10.3 Å². The molecule has 0 fully saturated rings. The molecule has 7 heteroatoms. The highest BCUT2D eigenvalue weighted by Gasteiger charge is 2.12. The lowest BCUT2D eigenvalue weighted by Crippen LogP contribution is -2.18. The molecule has 0 bridgehead atoms. The van der Waals surface area contributed by atoms with Gasteiger partial charge < -0.3 is 14.2 Å². The molecule has 130 valence electrons. The first kappa shape index (κ1) is 15.9. The number of oxazole rings is 2. The van der Waals surface area contributed by atoms with E-state index in [9.17, 15) is 9.59 Å². The second-order valence-electron chi connectivity index (χ2n) is 5.86.